The van der Waals surface area contributed by atoms with Crippen molar-refractivity contribution in [2.75, 3.05) is 20.1 Å². The van der Waals surface area contributed by atoms with Gasteiger partial charge in [0.25, 0.3) is 5.91 Å². The topological polar surface area (TPSA) is 91.2 Å². The first kappa shape index (κ1) is 14.8. The van der Waals surface area contributed by atoms with E-state index in [0.29, 0.717) is 5.56 Å². The highest BCUT2D eigenvalue weighted by molar-refractivity contribution is 5.95. The highest BCUT2D eigenvalue weighted by atomic mass is 16.1. The van der Waals surface area contributed by atoms with Crippen molar-refractivity contribution >= 4 is 11.6 Å². The van der Waals surface area contributed by atoms with Gasteiger partial charge in [-0.15, -0.1) is 0 Å². The van der Waals surface area contributed by atoms with E-state index in [4.69, 9.17) is 0 Å². The third kappa shape index (κ3) is 2.54. The first-order chi connectivity index (χ1) is 11.8. The second-order valence-corrected chi connectivity index (χ2v) is 6.05. The number of likely N-dealkylation sites (tertiary alicyclic amines) is 1. The molecule has 1 aliphatic heterocycles. The SMILES string of the molecule is CNC(=O)c1cn[nH]c1[C@@H]1CCN(Cc2cnn3cccnc23)C1. The predicted octanol–water partition coefficient (Wildman–Crippen LogP) is 0.801. The van der Waals surface area contributed by atoms with Crippen molar-refractivity contribution in [3.05, 3.63) is 47.7 Å². The van der Waals surface area contributed by atoms with Crippen molar-refractivity contribution in [2.24, 2.45) is 0 Å². The molecule has 3 aromatic rings. The molecule has 8 heteroatoms. The highest BCUT2D eigenvalue weighted by Crippen LogP contribution is 2.29. The minimum Gasteiger partial charge on any atom is -0.355 e. The maximum atomic E-state index is 11.9. The Morgan fingerprint density at radius 2 is 2.38 bits per heavy atom. The van der Waals surface area contributed by atoms with Crippen molar-refractivity contribution < 1.29 is 4.79 Å². The normalized spacial score (nSPS) is 18.3. The van der Waals surface area contributed by atoms with Gasteiger partial charge in [0.15, 0.2) is 5.65 Å². The lowest BCUT2D eigenvalue weighted by atomic mass is 10.0. The monoisotopic (exact) mass is 325 g/mol. The summed E-state index contributed by atoms with van der Waals surface area (Å²) in [7, 11) is 1.64. The molecule has 1 saturated heterocycles. The molecule has 1 atom stereocenters. The van der Waals surface area contributed by atoms with E-state index >= 15 is 0 Å². The average molecular weight is 325 g/mol. The number of aromatic nitrogens is 5. The molecular formula is C16H19N7O. The van der Waals surface area contributed by atoms with Gasteiger partial charge in [0.1, 0.15) is 0 Å². The van der Waals surface area contributed by atoms with Crippen molar-refractivity contribution in [3.8, 4) is 0 Å². The second kappa shape index (κ2) is 6.04. The zero-order chi connectivity index (χ0) is 16.5. The van der Waals surface area contributed by atoms with Gasteiger partial charge in [-0.25, -0.2) is 9.50 Å². The minimum absolute atomic E-state index is 0.0935. The number of carbonyl (C=O) groups excluding carboxylic acids is 1. The molecule has 0 bridgehead atoms. The predicted molar refractivity (Wildman–Crippen MR) is 87.6 cm³/mol. The number of hydrogen-bond acceptors (Lipinski definition) is 5. The Hall–Kier alpha value is -2.74. The quantitative estimate of drug-likeness (QED) is 0.740. The van der Waals surface area contributed by atoms with Crippen LogP contribution in [0.15, 0.2) is 30.9 Å². The average Bonchev–Trinajstić information content (AvgIpc) is 3.34. The van der Waals surface area contributed by atoms with Crippen LogP contribution >= 0.6 is 0 Å². The van der Waals surface area contributed by atoms with Crippen LogP contribution in [-0.2, 0) is 6.54 Å². The number of carbonyl (C=O) groups is 1. The fraction of sp³-hybridized carbons (Fsp3) is 0.375. The highest BCUT2D eigenvalue weighted by Gasteiger charge is 2.29. The molecule has 0 aromatic carbocycles. The molecule has 4 heterocycles. The van der Waals surface area contributed by atoms with Gasteiger partial charge in [0.05, 0.1) is 23.7 Å². The summed E-state index contributed by atoms with van der Waals surface area (Å²) >= 11 is 0. The fourth-order valence-electron chi connectivity index (χ4n) is 3.36. The summed E-state index contributed by atoms with van der Waals surface area (Å²) in [5.41, 5.74) is 3.58. The molecule has 4 rings (SSSR count). The van der Waals surface area contributed by atoms with Gasteiger partial charge < -0.3 is 5.32 Å². The summed E-state index contributed by atoms with van der Waals surface area (Å²) < 4.78 is 1.79. The van der Waals surface area contributed by atoms with Crippen LogP contribution in [0.25, 0.3) is 5.65 Å². The first-order valence-electron chi connectivity index (χ1n) is 8.01. The molecule has 2 N–H and O–H groups in total. The lowest BCUT2D eigenvalue weighted by molar-refractivity contribution is 0.0961. The fourth-order valence-corrected chi connectivity index (χ4v) is 3.36. The minimum atomic E-state index is -0.0935. The van der Waals surface area contributed by atoms with E-state index < -0.39 is 0 Å². The summed E-state index contributed by atoms with van der Waals surface area (Å²) in [6.45, 7) is 2.66. The van der Waals surface area contributed by atoms with Gasteiger partial charge in [0, 0.05) is 44.0 Å². The van der Waals surface area contributed by atoms with E-state index in [9.17, 15) is 4.79 Å². The summed E-state index contributed by atoms with van der Waals surface area (Å²) in [4.78, 5) is 18.7. The van der Waals surface area contributed by atoms with Crippen molar-refractivity contribution in [2.45, 2.75) is 18.9 Å². The van der Waals surface area contributed by atoms with Crippen molar-refractivity contribution in [3.63, 3.8) is 0 Å². The summed E-state index contributed by atoms with van der Waals surface area (Å²) in [6, 6.07) is 1.87. The van der Waals surface area contributed by atoms with Crippen LogP contribution in [0, 0.1) is 0 Å². The molecule has 0 unspecified atom stereocenters. The Morgan fingerprint density at radius 1 is 1.46 bits per heavy atom. The molecule has 124 valence electrons. The molecule has 1 fully saturated rings. The molecule has 24 heavy (non-hydrogen) atoms. The largest absolute Gasteiger partial charge is 0.355 e. The standard InChI is InChI=1S/C16H19N7O/c1-17-16(24)13-8-19-21-14(13)11-3-6-22(9-11)10-12-7-20-23-5-2-4-18-15(12)23/h2,4-5,7-8,11H,3,6,9-10H2,1H3,(H,17,24)(H,19,21)/t11-/m1/s1. The molecule has 1 amide bonds. The van der Waals surface area contributed by atoms with Gasteiger partial charge in [-0.3, -0.25) is 14.8 Å². The van der Waals surface area contributed by atoms with Gasteiger partial charge in [0.2, 0.25) is 0 Å². The Labute approximate surface area is 138 Å². The van der Waals surface area contributed by atoms with Crippen LogP contribution in [-0.4, -0.2) is 55.7 Å². The molecule has 3 aromatic heterocycles. The van der Waals surface area contributed by atoms with E-state index in [1.54, 1.807) is 24.0 Å². The summed E-state index contributed by atoms with van der Waals surface area (Å²) in [6.07, 6.45) is 8.17. The van der Waals surface area contributed by atoms with Gasteiger partial charge >= 0.3 is 0 Å². The van der Waals surface area contributed by atoms with Crippen LogP contribution in [0.5, 0.6) is 0 Å². The third-order valence-corrected chi connectivity index (χ3v) is 4.57. The summed E-state index contributed by atoms with van der Waals surface area (Å²) in [5.74, 6) is 0.193. The number of aromatic amines is 1. The third-order valence-electron chi connectivity index (χ3n) is 4.57. The Balaban J connectivity index is 1.49. The van der Waals surface area contributed by atoms with Gasteiger partial charge in [-0.2, -0.15) is 10.2 Å². The van der Waals surface area contributed by atoms with Crippen LogP contribution in [0.2, 0.25) is 0 Å². The molecule has 8 nitrogen and oxygen atoms in total. The zero-order valence-corrected chi connectivity index (χ0v) is 13.4. The number of nitrogens with zero attached hydrogens (tertiary/aromatic N) is 5. The number of fused-ring (bicyclic) bond motifs is 1. The van der Waals surface area contributed by atoms with Crippen LogP contribution in [0.3, 0.4) is 0 Å². The van der Waals surface area contributed by atoms with E-state index in [0.717, 1.165) is 43.0 Å². The van der Waals surface area contributed by atoms with Crippen molar-refractivity contribution in [1.82, 2.24) is 35.0 Å². The lowest BCUT2D eigenvalue weighted by Crippen LogP contribution is -2.22. The zero-order valence-electron chi connectivity index (χ0n) is 13.4. The number of nitrogens with one attached hydrogen (secondary N) is 2. The van der Waals surface area contributed by atoms with Crippen LogP contribution < -0.4 is 5.32 Å². The first-order valence-corrected chi connectivity index (χ1v) is 8.01. The van der Waals surface area contributed by atoms with E-state index in [1.165, 1.54) is 0 Å². The molecule has 0 spiro atoms. The molecule has 1 aliphatic rings. The number of hydrogen-bond donors (Lipinski definition) is 2. The Kier molecular flexibility index (Phi) is 3.73. The molecule has 0 aliphatic carbocycles. The molecular weight excluding hydrogens is 306 g/mol. The molecule has 0 saturated carbocycles. The molecule has 0 radical (unpaired) electrons. The van der Waals surface area contributed by atoms with Gasteiger partial charge in [-0.05, 0) is 19.0 Å². The maximum absolute atomic E-state index is 11.9. The second-order valence-electron chi connectivity index (χ2n) is 6.05. The number of amides is 1. The number of rotatable bonds is 4. The van der Waals surface area contributed by atoms with Crippen LogP contribution in [0.4, 0.5) is 0 Å². The van der Waals surface area contributed by atoms with Gasteiger partial charge in [-0.1, -0.05) is 0 Å². The van der Waals surface area contributed by atoms with Crippen LogP contribution in [0.1, 0.15) is 34.0 Å². The number of H-pyrrole nitrogens is 1. The van der Waals surface area contributed by atoms with Crippen molar-refractivity contribution in [1.29, 1.82) is 0 Å². The lowest BCUT2D eigenvalue weighted by Gasteiger charge is -2.15. The smallest absolute Gasteiger partial charge is 0.254 e. The Morgan fingerprint density at radius 3 is 3.25 bits per heavy atom. The van der Waals surface area contributed by atoms with E-state index in [1.807, 2.05) is 18.5 Å². The summed E-state index contributed by atoms with van der Waals surface area (Å²) in [5, 5.41) is 14.1. The maximum Gasteiger partial charge on any atom is 0.254 e. The Bertz CT molecular complexity index is 868. The van der Waals surface area contributed by atoms with E-state index in [2.05, 4.69) is 30.5 Å². The van der Waals surface area contributed by atoms with E-state index in [-0.39, 0.29) is 11.8 Å².